The maximum atomic E-state index is 12.4. The Kier molecular flexibility index (Phi) is 3.23. The molecule has 2 heterocycles. The molecule has 1 aromatic carbocycles. The monoisotopic (exact) mass is 286 g/mol. The standard InChI is InChI=1S/C14H14N4OS/c1-9-15-13(17-16-9)8-18(2)14(19)12-7-10-5-3-4-6-11(10)20-12/h3-7H,8H2,1-2H3,(H,15,16,17). The summed E-state index contributed by atoms with van der Waals surface area (Å²) in [5.74, 6) is 1.37. The first kappa shape index (κ1) is 12.8. The molecule has 0 spiro atoms. The van der Waals surface area contributed by atoms with Crippen LogP contribution in [0, 0.1) is 6.92 Å². The second-order valence-corrected chi connectivity index (χ2v) is 5.73. The van der Waals surface area contributed by atoms with Gasteiger partial charge in [0.2, 0.25) is 0 Å². The summed E-state index contributed by atoms with van der Waals surface area (Å²) < 4.78 is 1.12. The van der Waals surface area contributed by atoms with Crippen LogP contribution in [0.1, 0.15) is 21.3 Å². The van der Waals surface area contributed by atoms with Gasteiger partial charge in [0.05, 0.1) is 11.4 Å². The molecule has 102 valence electrons. The molecule has 1 amide bonds. The smallest absolute Gasteiger partial charge is 0.264 e. The van der Waals surface area contributed by atoms with Gasteiger partial charge in [-0.2, -0.15) is 5.10 Å². The molecule has 6 heteroatoms. The lowest BCUT2D eigenvalue weighted by atomic mass is 10.2. The number of aromatic amines is 1. The Balaban J connectivity index is 1.80. The van der Waals surface area contributed by atoms with Gasteiger partial charge in [0.15, 0.2) is 5.82 Å². The van der Waals surface area contributed by atoms with E-state index in [1.807, 2.05) is 37.3 Å². The van der Waals surface area contributed by atoms with Gasteiger partial charge in [0.25, 0.3) is 5.91 Å². The summed E-state index contributed by atoms with van der Waals surface area (Å²) in [5, 5.41) is 7.93. The topological polar surface area (TPSA) is 61.9 Å². The third-order valence-electron chi connectivity index (χ3n) is 3.01. The molecule has 0 aliphatic heterocycles. The predicted octanol–water partition coefficient (Wildman–Crippen LogP) is 2.60. The van der Waals surface area contributed by atoms with Crippen LogP contribution in [0.4, 0.5) is 0 Å². The summed E-state index contributed by atoms with van der Waals surface area (Å²) in [6.45, 7) is 2.24. The highest BCUT2D eigenvalue weighted by molar-refractivity contribution is 7.20. The van der Waals surface area contributed by atoms with Crippen molar-refractivity contribution in [3.63, 3.8) is 0 Å². The number of amides is 1. The Morgan fingerprint density at radius 2 is 2.20 bits per heavy atom. The lowest BCUT2D eigenvalue weighted by Crippen LogP contribution is -2.25. The molecule has 0 fully saturated rings. The lowest BCUT2D eigenvalue weighted by Gasteiger charge is -2.13. The maximum absolute atomic E-state index is 12.4. The molecule has 20 heavy (non-hydrogen) atoms. The molecule has 0 aliphatic carbocycles. The van der Waals surface area contributed by atoms with Crippen LogP contribution in [0.15, 0.2) is 30.3 Å². The molecule has 2 aromatic heterocycles. The van der Waals surface area contributed by atoms with Crippen LogP contribution in [0.2, 0.25) is 0 Å². The number of benzene rings is 1. The van der Waals surface area contributed by atoms with Crippen LogP contribution >= 0.6 is 11.3 Å². The molecular formula is C14H14N4OS. The number of aryl methyl sites for hydroxylation is 1. The molecular weight excluding hydrogens is 272 g/mol. The van der Waals surface area contributed by atoms with Crippen molar-refractivity contribution in [3.8, 4) is 0 Å². The van der Waals surface area contributed by atoms with Crippen LogP contribution < -0.4 is 0 Å². The van der Waals surface area contributed by atoms with Gasteiger partial charge in [0.1, 0.15) is 5.82 Å². The van der Waals surface area contributed by atoms with Gasteiger partial charge in [-0.15, -0.1) is 11.3 Å². The van der Waals surface area contributed by atoms with Crippen molar-refractivity contribution in [3.05, 3.63) is 46.9 Å². The number of carbonyl (C=O) groups is 1. The van der Waals surface area contributed by atoms with Gasteiger partial charge in [-0.25, -0.2) is 4.98 Å². The summed E-state index contributed by atoms with van der Waals surface area (Å²) >= 11 is 1.51. The number of hydrogen-bond acceptors (Lipinski definition) is 4. The van der Waals surface area contributed by atoms with E-state index in [9.17, 15) is 4.79 Å². The van der Waals surface area contributed by atoms with E-state index < -0.39 is 0 Å². The Hall–Kier alpha value is -2.21. The number of nitrogens with one attached hydrogen (secondary N) is 1. The Morgan fingerprint density at radius 1 is 1.40 bits per heavy atom. The first-order chi connectivity index (χ1) is 9.63. The minimum absolute atomic E-state index is 0.00588. The fourth-order valence-electron chi connectivity index (χ4n) is 2.02. The first-order valence-corrected chi connectivity index (χ1v) is 7.07. The van der Waals surface area contributed by atoms with Crippen LogP contribution in [0.3, 0.4) is 0 Å². The van der Waals surface area contributed by atoms with E-state index in [2.05, 4.69) is 15.2 Å². The van der Waals surface area contributed by atoms with Crippen LogP contribution in [0.5, 0.6) is 0 Å². The van der Waals surface area contributed by atoms with E-state index in [-0.39, 0.29) is 5.91 Å². The van der Waals surface area contributed by atoms with Crippen LogP contribution in [0.25, 0.3) is 10.1 Å². The van der Waals surface area contributed by atoms with Gasteiger partial charge in [-0.05, 0) is 24.4 Å². The average Bonchev–Trinajstić information content (AvgIpc) is 3.03. The summed E-state index contributed by atoms with van der Waals surface area (Å²) in [6, 6.07) is 9.93. The summed E-state index contributed by atoms with van der Waals surface area (Å²) in [5.41, 5.74) is 0. The van der Waals surface area contributed by atoms with Crippen molar-refractivity contribution in [2.45, 2.75) is 13.5 Å². The van der Waals surface area contributed by atoms with Crippen molar-refractivity contribution in [1.82, 2.24) is 20.1 Å². The van der Waals surface area contributed by atoms with E-state index in [1.54, 1.807) is 11.9 Å². The summed E-state index contributed by atoms with van der Waals surface area (Å²) in [7, 11) is 1.76. The van der Waals surface area contributed by atoms with Crippen molar-refractivity contribution >= 4 is 27.3 Å². The Labute approximate surface area is 120 Å². The third kappa shape index (κ3) is 2.42. The average molecular weight is 286 g/mol. The quantitative estimate of drug-likeness (QED) is 0.805. The number of fused-ring (bicyclic) bond motifs is 1. The summed E-state index contributed by atoms with van der Waals surface area (Å²) in [6.07, 6.45) is 0. The molecule has 1 N–H and O–H groups in total. The van der Waals surface area contributed by atoms with Gasteiger partial charge < -0.3 is 4.90 Å². The zero-order valence-corrected chi connectivity index (χ0v) is 12.1. The lowest BCUT2D eigenvalue weighted by molar-refractivity contribution is 0.0786. The SMILES string of the molecule is Cc1nc(CN(C)C(=O)c2cc3ccccc3s2)n[nH]1. The van der Waals surface area contributed by atoms with Crippen molar-refractivity contribution in [2.24, 2.45) is 0 Å². The van der Waals surface area contributed by atoms with Crippen molar-refractivity contribution in [2.75, 3.05) is 7.05 Å². The van der Waals surface area contributed by atoms with E-state index >= 15 is 0 Å². The number of rotatable bonds is 3. The molecule has 0 saturated carbocycles. The van der Waals surface area contributed by atoms with E-state index in [0.717, 1.165) is 20.8 Å². The van der Waals surface area contributed by atoms with Gasteiger partial charge in [-0.3, -0.25) is 9.89 Å². The number of aromatic nitrogens is 3. The van der Waals surface area contributed by atoms with Gasteiger partial charge in [0, 0.05) is 11.7 Å². The van der Waals surface area contributed by atoms with Gasteiger partial charge in [-0.1, -0.05) is 18.2 Å². The first-order valence-electron chi connectivity index (χ1n) is 6.25. The molecule has 0 radical (unpaired) electrons. The Bertz CT molecular complexity index is 728. The molecule has 5 nitrogen and oxygen atoms in total. The van der Waals surface area contributed by atoms with Crippen LogP contribution in [-0.4, -0.2) is 33.0 Å². The fraction of sp³-hybridized carbons (Fsp3) is 0.214. The highest BCUT2D eigenvalue weighted by Crippen LogP contribution is 2.26. The van der Waals surface area contributed by atoms with Crippen LogP contribution in [-0.2, 0) is 6.54 Å². The molecule has 3 aromatic rings. The van der Waals surface area contributed by atoms with Crippen molar-refractivity contribution < 1.29 is 4.79 Å². The normalized spacial score (nSPS) is 10.9. The number of H-pyrrole nitrogens is 1. The molecule has 0 bridgehead atoms. The molecule has 0 aliphatic rings. The largest absolute Gasteiger partial charge is 0.333 e. The zero-order chi connectivity index (χ0) is 14.1. The highest BCUT2D eigenvalue weighted by Gasteiger charge is 2.16. The van der Waals surface area contributed by atoms with E-state index in [4.69, 9.17) is 0 Å². The Morgan fingerprint density at radius 3 is 2.90 bits per heavy atom. The predicted molar refractivity (Wildman–Crippen MR) is 78.7 cm³/mol. The zero-order valence-electron chi connectivity index (χ0n) is 11.3. The third-order valence-corrected chi connectivity index (χ3v) is 4.11. The second kappa shape index (κ2) is 5.05. The molecule has 3 rings (SSSR count). The highest BCUT2D eigenvalue weighted by atomic mass is 32.1. The number of thiophene rings is 1. The maximum Gasteiger partial charge on any atom is 0.264 e. The minimum Gasteiger partial charge on any atom is -0.333 e. The minimum atomic E-state index is -0.00588. The summed E-state index contributed by atoms with van der Waals surface area (Å²) in [4.78, 5) is 19.0. The molecule has 0 unspecified atom stereocenters. The number of nitrogens with zero attached hydrogens (tertiary/aromatic N) is 3. The van der Waals surface area contributed by atoms with Gasteiger partial charge >= 0.3 is 0 Å². The van der Waals surface area contributed by atoms with Crippen molar-refractivity contribution in [1.29, 1.82) is 0 Å². The number of hydrogen-bond donors (Lipinski definition) is 1. The molecule has 0 saturated heterocycles. The fourth-order valence-corrected chi connectivity index (χ4v) is 3.08. The van der Waals surface area contributed by atoms with E-state index in [0.29, 0.717) is 12.4 Å². The van der Waals surface area contributed by atoms with E-state index in [1.165, 1.54) is 11.3 Å². The second-order valence-electron chi connectivity index (χ2n) is 4.65. The number of carbonyl (C=O) groups excluding carboxylic acids is 1. The molecule has 0 atom stereocenters.